The quantitative estimate of drug-likeness (QED) is 0.123. The monoisotopic (exact) mass is 694 g/mol. The van der Waals surface area contributed by atoms with E-state index < -0.39 is 23.3 Å². The first-order valence-electron chi connectivity index (χ1n) is 16.0. The van der Waals surface area contributed by atoms with Crippen molar-refractivity contribution in [2.45, 2.75) is 77.6 Å². The highest BCUT2D eigenvalue weighted by molar-refractivity contribution is 6.38. The molecule has 0 saturated carbocycles. The smallest absolute Gasteiger partial charge is 0.273 e. The minimum atomic E-state index is -0.812. The topological polar surface area (TPSA) is 128 Å². The molecule has 0 saturated heterocycles. The van der Waals surface area contributed by atoms with Crippen molar-refractivity contribution in [1.29, 1.82) is 0 Å². The van der Waals surface area contributed by atoms with Crippen molar-refractivity contribution < 1.29 is 19.1 Å². The van der Waals surface area contributed by atoms with Gasteiger partial charge in [0.1, 0.15) is 23.0 Å². The fourth-order valence-electron chi connectivity index (χ4n) is 5.44. The van der Waals surface area contributed by atoms with Gasteiger partial charge in [0.15, 0.2) is 0 Å². The van der Waals surface area contributed by atoms with Crippen LogP contribution in [-0.4, -0.2) is 35.3 Å². The molecule has 1 atom stereocenters. The van der Waals surface area contributed by atoms with Crippen LogP contribution in [0.15, 0.2) is 65.5 Å². The van der Waals surface area contributed by atoms with Crippen molar-refractivity contribution in [2.75, 3.05) is 19.0 Å². The predicted molar refractivity (Wildman–Crippen MR) is 192 cm³/mol. The maximum atomic E-state index is 13.6. The fraction of sp³-hybridized carbons (Fsp3) is 0.378. The maximum absolute atomic E-state index is 13.6. The van der Waals surface area contributed by atoms with Crippen molar-refractivity contribution in [3.63, 3.8) is 0 Å². The number of benzene rings is 3. The van der Waals surface area contributed by atoms with Gasteiger partial charge >= 0.3 is 0 Å². The van der Waals surface area contributed by atoms with E-state index in [2.05, 4.69) is 64.1 Å². The summed E-state index contributed by atoms with van der Waals surface area (Å²) < 4.78 is 12.6. The number of nitrogens with two attached hydrogens (primary N) is 1. The standard InChI is InChI=1S/C37H44Cl2N4O5/c1-8-36(3,4)22-14-15-30(27(18-22)37(5,6)9-2)48-17-16-25(34(40)45)24-12-10-11-13-26(24)35(46)41-31-21-32(44)43(42-31)33-28(38)19-23(47-7)20-29(33)39/h10-15,18-21,25,42H,8-9,16-17H2,1-7H3,(H2,40,45)(H,41,46). The number of hydrogen-bond acceptors (Lipinski definition) is 5. The van der Waals surface area contributed by atoms with Crippen molar-refractivity contribution in [1.82, 2.24) is 9.78 Å². The van der Waals surface area contributed by atoms with E-state index in [-0.39, 0.29) is 51.0 Å². The van der Waals surface area contributed by atoms with Crippen LogP contribution in [0.3, 0.4) is 0 Å². The zero-order valence-electron chi connectivity index (χ0n) is 28.5. The number of amides is 2. The molecule has 3 aromatic carbocycles. The molecule has 48 heavy (non-hydrogen) atoms. The molecule has 1 heterocycles. The molecule has 0 bridgehead atoms. The van der Waals surface area contributed by atoms with E-state index >= 15 is 0 Å². The highest BCUT2D eigenvalue weighted by Gasteiger charge is 2.28. The van der Waals surface area contributed by atoms with Gasteiger partial charge in [0.2, 0.25) is 5.91 Å². The second kappa shape index (κ2) is 14.9. The Bertz CT molecular complexity index is 1840. The third-order valence-electron chi connectivity index (χ3n) is 9.26. The second-order valence-electron chi connectivity index (χ2n) is 13.1. The summed E-state index contributed by atoms with van der Waals surface area (Å²) in [7, 11) is 1.47. The average Bonchev–Trinajstić information content (AvgIpc) is 3.40. The average molecular weight is 696 g/mol. The maximum Gasteiger partial charge on any atom is 0.273 e. The van der Waals surface area contributed by atoms with Gasteiger partial charge in [0.05, 0.1) is 29.7 Å². The number of carbonyl (C=O) groups excluding carboxylic acids is 2. The molecule has 1 aromatic heterocycles. The zero-order valence-corrected chi connectivity index (χ0v) is 30.0. The molecule has 4 N–H and O–H groups in total. The van der Waals surface area contributed by atoms with Crippen LogP contribution < -0.4 is 26.1 Å². The summed E-state index contributed by atoms with van der Waals surface area (Å²) >= 11 is 12.8. The number of primary amides is 1. The lowest BCUT2D eigenvalue weighted by molar-refractivity contribution is -0.119. The van der Waals surface area contributed by atoms with Gasteiger partial charge in [-0.05, 0) is 53.4 Å². The summed E-state index contributed by atoms with van der Waals surface area (Å²) in [6.45, 7) is 13.4. The highest BCUT2D eigenvalue weighted by atomic mass is 35.5. The van der Waals surface area contributed by atoms with Crippen LogP contribution in [0, 0.1) is 0 Å². The van der Waals surface area contributed by atoms with E-state index in [4.69, 9.17) is 38.4 Å². The summed E-state index contributed by atoms with van der Waals surface area (Å²) in [6.07, 6.45) is 2.16. The van der Waals surface area contributed by atoms with Gasteiger partial charge in [-0.1, -0.05) is 95.1 Å². The molecule has 11 heteroatoms. The van der Waals surface area contributed by atoms with E-state index in [1.165, 1.54) is 30.9 Å². The van der Waals surface area contributed by atoms with Gasteiger partial charge in [0.25, 0.3) is 11.5 Å². The Balaban J connectivity index is 1.57. The van der Waals surface area contributed by atoms with Gasteiger partial charge in [-0.25, -0.2) is 4.68 Å². The van der Waals surface area contributed by atoms with Gasteiger partial charge in [-0.15, -0.1) is 0 Å². The van der Waals surface area contributed by atoms with E-state index in [1.807, 2.05) is 6.07 Å². The second-order valence-corrected chi connectivity index (χ2v) is 13.9. The van der Waals surface area contributed by atoms with Crippen LogP contribution in [-0.2, 0) is 15.6 Å². The Kier molecular flexibility index (Phi) is 11.4. The van der Waals surface area contributed by atoms with Crippen LogP contribution in [0.1, 0.15) is 93.8 Å². The summed E-state index contributed by atoms with van der Waals surface area (Å²) in [5.41, 5.74) is 8.52. The molecule has 256 valence electrons. The molecule has 0 fully saturated rings. The summed E-state index contributed by atoms with van der Waals surface area (Å²) in [5.74, 6) is -0.657. The number of aromatic amines is 1. The van der Waals surface area contributed by atoms with Crippen molar-refractivity contribution >= 4 is 40.8 Å². The van der Waals surface area contributed by atoms with Crippen LogP contribution in [0.2, 0.25) is 10.0 Å². The lowest BCUT2D eigenvalue weighted by Gasteiger charge is -2.30. The Morgan fingerprint density at radius 2 is 1.60 bits per heavy atom. The molecule has 9 nitrogen and oxygen atoms in total. The normalized spacial score (nSPS) is 12.4. The van der Waals surface area contributed by atoms with Crippen molar-refractivity contribution in [2.24, 2.45) is 5.73 Å². The molecule has 4 rings (SSSR count). The number of methoxy groups -OCH3 is 1. The van der Waals surface area contributed by atoms with E-state index in [1.54, 1.807) is 24.3 Å². The minimum absolute atomic E-state index is 0.0177. The Hall–Kier alpha value is -4.21. The van der Waals surface area contributed by atoms with Crippen LogP contribution >= 0.6 is 23.2 Å². The van der Waals surface area contributed by atoms with Crippen LogP contribution in [0.5, 0.6) is 11.5 Å². The number of nitrogens with zero attached hydrogens (tertiary/aromatic N) is 1. The Labute approximate surface area is 291 Å². The molecule has 2 amide bonds. The summed E-state index contributed by atoms with van der Waals surface area (Å²) in [4.78, 5) is 39.2. The molecule has 1 unspecified atom stereocenters. The number of halogens is 2. The predicted octanol–water partition coefficient (Wildman–Crippen LogP) is 8.15. The number of rotatable bonds is 14. The van der Waals surface area contributed by atoms with Crippen LogP contribution in [0.25, 0.3) is 5.69 Å². The highest BCUT2D eigenvalue weighted by Crippen LogP contribution is 2.39. The van der Waals surface area contributed by atoms with Crippen molar-refractivity contribution in [3.05, 3.63) is 103 Å². The lowest BCUT2D eigenvalue weighted by atomic mass is 9.76. The lowest BCUT2D eigenvalue weighted by Crippen LogP contribution is -2.26. The number of aromatic nitrogens is 2. The molecular formula is C37H44Cl2N4O5. The van der Waals surface area contributed by atoms with Gasteiger partial charge in [-0.2, -0.15) is 0 Å². The van der Waals surface area contributed by atoms with E-state index in [9.17, 15) is 14.4 Å². The zero-order chi connectivity index (χ0) is 35.4. The first kappa shape index (κ1) is 36.6. The van der Waals surface area contributed by atoms with Crippen LogP contribution in [0.4, 0.5) is 5.82 Å². The van der Waals surface area contributed by atoms with Gasteiger partial charge < -0.3 is 20.5 Å². The molecule has 0 radical (unpaired) electrons. The first-order valence-corrected chi connectivity index (χ1v) is 16.7. The summed E-state index contributed by atoms with van der Waals surface area (Å²) in [6, 6.07) is 17.3. The first-order chi connectivity index (χ1) is 22.6. The fourth-order valence-corrected chi connectivity index (χ4v) is 6.07. The third-order valence-corrected chi connectivity index (χ3v) is 9.84. The molecule has 0 aliphatic heterocycles. The minimum Gasteiger partial charge on any atom is -0.497 e. The molecular weight excluding hydrogens is 651 g/mol. The SMILES string of the molecule is CCC(C)(C)c1ccc(OCCC(C(N)=O)c2ccccc2C(=O)Nc2cc(=O)n(-c3c(Cl)cc(OC)cc3Cl)[nH]2)c(C(C)(C)CC)c1. The molecule has 0 aliphatic rings. The Morgan fingerprint density at radius 3 is 2.21 bits per heavy atom. The largest absolute Gasteiger partial charge is 0.497 e. The van der Waals surface area contributed by atoms with E-state index in [0.29, 0.717) is 11.3 Å². The van der Waals surface area contributed by atoms with Crippen molar-refractivity contribution in [3.8, 4) is 17.2 Å². The van der Waals surface area contributed by atoms with Gasteiger partial charge in [0, 0.05) is 29.3 Å². The summed E-state index contributed by atoms with van der Waals surface area (Å²) in [5, 5.41) is 5.88. The Morgan fingerprint density at radius 1 is 0.958 bits per heavy atom. The molecule has 0 spiro atoms. The number of ether oxygens (including phenoxy) is 2. The number of H-pyrrole nitrogens is 1. The number of hydrogen-bond donors (Lipinski definition) is 3. The molecule has 4 aromatic rings. The van der Waals surface area contributed by atoms with Gasteiger partial charge in [-0.3, -0.25) is 19.5 Å². The molecule has 0 aliphatic carbocycles. The number of carbonyl (C=O) groups is 2. The number of anilines is 1. The number of nitrogens with one attached hydrogen (secondary N) is 2. The third kappa shape index (κ3) is 7.90. The van der Waals surface area contributed by atoms with E-state index in [0.717, 1.165) is 28.8 Å².